The molecular weight excluding hydrogens is 491 g/mol. The number of piperazine rings is 1. The normalized spacial score (nSPS) is 14.6. The number of benzene rings is 1. The summed E-state index contributed by atoms with van der Waals surface area (Å²) in [5.41, 5.74) is 2.39. The van der Waals surface area contributed by atoms with Crippen molar-refractivity contribution >= 4 is 35.9 Å². The van der Waals surface area contributed by atoms with Gasteiger partial charge in [-0.15, -0.1) is 24.0 Å². The van der Waals surface area contributed by atoms with Crippen molar-refractivity contribution in [2.75, 3.05) is 37.6 Å². The first kappa shape index (κ1) is 24.3. The number of nitrogens with one attached hydrogen (secondary N) is 1. The molecule has 2 heterocycles. The molecule has 1 saturated heterocycles. The minimum atomic E-state index is 0. The van der Waals surface area contributed by atoms with Crippen molar-refractivity contribution in [1.82, 2.24) is 20.2 Å². The monoisotopic (exact) mass is 524 g/mol. The highest BCUT2D eigenvalue weighted by Gasteiger charge is 2.21. The van der Waals surface area contributed by atoms with E-state index in [1.165, 1.54) is 11.1 Å². The van der Waals surface area contributed by atoms with Gasteiger partial charge in [-0.05, 0) is 38.0 Å². The highest BCUT2D eigenvalue weighted by Crippen LogP contribution is 2.11. The van der Waals surface area contributed by atoms with Gasteiger partial charge >= 0.3 is 0 Å². The number of aromatic nitrogens is 2. The maximum absolute atomic E-state index is 5.66. The number of hydrogen-bond donors (Lipinski definition) is 1. The van der Waals surface area contributed by atoms with Crippen LogP contribution >= 0.6 is 24.0 Å². The molecule has 0 unspecified atom stereocenters. The van der Waals surface area contributed by atoms with Gasteiger partial charge in [0, 0.05) is 45.1 Å². The quantitative estimate of drug-likeness (QED) is 0.341. The van der Waals surface area contributed by atoms with Crippen molar-refractivity contribution in [2.24, 2.45) is 4.99 Å². The summed E-state index contributed by atoms with van der Waals surface area (Å²) >= 11 is 0. The number of hydrogen-bond acceptors (Lipinski definition) is 5. The van der Waals surface area contributed by atoms with Crippen LogP contribution < -0.4 is 10.2 Å². The standard InChI is InChI=1S/C22H32N6O.HI/c1-4-23-21(26-16-19-6-8-20(9-7-19)17-29-18(2)3)27-12-14-28(15-13-27)22-24-10-5-11-25-22;/h5-11,18H,4,12-17H2,1-3H3,(H,23,26);1H. The lowest BCUT2D eigenvalue weighted by atomic mass is 10.1. The maximum Gasteiger partial charge on any atom is 0.225 e. The second-order valence-corrected chi connectivity index (χ2v) is 7.37. The summed E-state index contributed by atoms with van der Waals surface area (Å²) in [5.74, 6) is 1.77. The second kappa shape index (κ2) is 12.7. The molecule has 7 nitrogen and oxygen atoms in total. The SMILES string of the molecule is CCNC(=NCc1ccc(COC(C)C)cc1)N1CCN(c2ncccn2)CC1.I. The van der Waals surface area contributed by atoms with Gasteiger partial charge in [0.05, 0.1) is 19.3 Å². The molecule has 0 radical (unpaired) electrons. The van der Waals surface area contributed by atoms with Crippen molar-refractivity contribution in [1.29, 1.82) is 0 Å². The van der Waals surface area contributed by atoms with Crippen molar-refractivity contribution in [2.45, 2.75) is 40.0 Å². The molecule has 2 aromatic rings. The van der Waals surface area contributed by atoms with Gasteiger partial charge in [-0.2, -0.15) is 0 Å². The van der Waals surface area contributed by atoms with E-state index in [-0.39, 0.29) is 30.1 Å². The lowest BCUT2D eigenvalue weighted by molar-refractivity contribution is 0.0657. The van der Waals surface area contributed by atoms with Gasteiger partial charge < -0.3 is 19.9 Å². The molecular formula is C22H33IN6O. The van der Waals surface area contributed by atoms with E-state index < -0.39 is 0 Å². The lowest BCUT2D eigenvalue weighted by Gasteiger charge is -2.36. The average Bonchev–Trinajstić information content (AvgIpc) is 2.76. The Morgan fingerprint density at radius 2 is 1.70 bits per heavy atom. The number of aliphatic imine (C=N–C) groups is 1. The number of anilines is 1. The number of ether oxygens (including phenoxy) is 1. The lowest BCUT2D eigenvalue weighted by Crippen LogP contribution is -2.52. The van der Waals surface area contributed by atoms with Gasteiger partial charge in [0.15, 0.2) is 5.96 Å². The van der Waals surface area contributed by atoms with E-state index in [1.807, 2.05) is 6.07 Å². The van der Waals surface area contributed by atoms with Crippen molar-refractivity contribution in [3.8, 4) is 0 Å². The Hall–Kier alpha value is -1.94. The molecule has 3 rings (SSSR count). The van der Waals surface area contributed by atoms with Gasteiger partial charge in [-0.3, -0.25) is 0 Å². The Morgan fingerprint density at radius 3 is 2.30 bits per heavy atom. The van der Waals surface area contributed by atoms with Crippen LogP contribution in [0.3, 0.4) is 0 Å². The highest BCUT2D eigenvalue weighted by atomic mass is 127. The predicted octanol–water partition coefficient (Wildman–Crippen LogP) is 3.31. The summed E-state index contributed by atoms with van der Waals surface area (Å²) in [4.78, 5) is 18.1. The van der Waals surface area contributed by atoms with Gasteiger partial charge in [-0.25, -0.2) is 15.0 Å². The Labute approximate surface area is 197 Å². The Balaban J connectivity index is 0.00000320. The number of rotatable bonds is 7. The molecule has 1 fully saturated rings. The van der Waals surface area contributed by atoms with Crippen LogP contribution in [-0.2, 0) is 17.9 Å². The van der Waals surface area contributed by atoms with Gasteiger partial charge in [0.1, 0.15) is 0 Å². The Morgan fingerprint density at radius 1 is 1.07 bits per heavy atom. The summed E-state index contributed by atoms with van der Waals surface area (Å²) in [6.45, 7) is 12.0. The highest BCUT2D eigenvalue weighted by molar-refractivity contribution is 14.0. The first-order valence-corrected chi connectivity index (χ1v) is 10.4. The van der Waals surface area contributed by atoms with E-state index in [2.05, 4.69) is 70.1 Å². The van der Waals surface area contributed by atoms with E-state index >= 15 is 0 Å². The predicted molar refractivity (Wildman–Crippen MR) is 132 cm³/mol. The fourth-order valence-corrected chi connectivity index (χ4v) is 3.17. The topological polar surface area (TPSA) is 65.9 Å². The third kappa shape index (κ3) is 7.39. The molecule has 1 aliphatic rings. The molecule has 1 N–H and O–H groups in total. The van der Waals surface area contributed by atoms with E-state index in [0.29, 0.717) is 13.2 Å². The first-order chi connectivity index (χ1) is 14.2. The van der Waals surface area contributed by atoms with E-state index in [1.54, 1.807) is 12.4 Å². The molecule has 8 heteroatoms. The average molecular weight is 524 g/mol. The molecule has 1 aromatic heterocycles. The fraction of sp³-hybridized carbons (Fsp3) is 0.500. The molecule has 1 aromatic carbocycles. The zero-order valence-electron chi connectivity index (χ0n) is 18.1. The van der Waals surface area contributed by atoms with Gasteiger partial charge in [0.25, 0.3) is 0 Å². The smallest absolute Gasteiger partial charge is 0.225 e. The third-order valence-electron chi connectivity index (χ3n) is 4.77. The summed E-state index contributed by atoms with van der Waals surface area (Å²) in [6, 6.07) is 10.4. The van der Waals surface area contributed by atoms with Gasteiger partial charge in [-0.1, -0.05) is 24.3 Å². The minimum Gasteiger partial charge on any atom is -0.374 e. The Kier molecular flexibility index (Phi) is 10.3. The summed E-state index contributed by atoms with van der Waals surface area (Å²) in [5, 5.41) is 3.43. The van der Waals surface area contributed by atoms with Crippen LogP contribution in [0.1, 0.15) is 31.9 Å². The zero-order valence-corrected chi connectivity index (χ0v) is 20.5. The number of nitrogens with zero attached hydrogens (tertiary/aromatic N) is 5. The molecule has 0 amide bonds. The second-order valence-electron chi connectivity index (χ2n) is 7.37. The molecule has 0 bridgehead atoms. The molecule has 0 spiro atoms. The molecule has 0 atom stereocenters. The zero-order chi connectivity index (χ0) is 20.5. The first-order valence-electron chi connectivity index (χ1n) is 10.4. The number of halogens is 1. The van der Waals surface area contributed by atoms with Gasteiger partial charge in [0.2, 0.25) is 5.95 Å². The van der Waals surface area contributed by atoms with Crippen molar-refractivity contribution in [3.05, 3.63) is 53.9 Å². The third-order valence-corrected chi connectivity index (χ3v) is 4.77. The van der Waals surface area contributed by atoms with Crippen LogP contribution in [0, 0.1) is 0 Å². The molecule has 1 aliphatic heterocycles. The largest absolute Gasteiger partial charge is 0.374 e. The van der Waals surface area contributed by atoms with E-state index in [0.717, 1.165) is 44.6 Å². The molecule has 30 heavy (non-hydrogen) atoms. The maximum atomic E-state index is 5.66. The number of guanidine groups is 1. The van der Waals surface area contributed by atoms with Crippen LogP contribution in [0.5, 0.6) is 0 Å². The van der Waals surface area contributed by atoms with Crippen LogP contribution in [0.15, 0.2) is 47.7 Å². The summed E-state index contributed by atoms with van der Waals surface area (Å²) in [7, 11) is 0. The summed E-state index contributed by atoms with van der Waals surface area (Å²) < 4.78 is 5.66. The van der Waals surface area contributed by atoms with Crippen LogP contribution in [-0.4, -0.2) is 59.7 Å². The minimum absolute atomic E-state index is 0. The van der Waals surface area contributed by atoms with Crippen molar-refractivity contribution < 1.29 is 4.74 Å². The summed E-state index contributed by atoms with van der Waals surface area (Å²) in [6.07, 6.45) is 3.83. The van der Waals surface area contributed by atoms with Crippen molar-refractivity contribution in [3.63, 3.8) is 0 Å². The van der Waals surface area contributed by atoms with Crippen LogP contribution in [0.25, 0.3) is 0 Å². The van der Waals surface area contributed by atoms with E-state index in [9.17, 15) is 0 Å². The molecule has 164 valence electrons. The van der Waals surface area contributed by atoms with Crippen LogP contribution in [0.2, 0.25) is 0 Å². The Bertz CT molecular complexity index is 761. The van der Waals surface area contributed by atoms with Crippen LogP contribution in [0.4, 0.5) is 5.95 Å². The molecule has 0 aliphatic carbocycles. The molecule has 0 saturated carbocycles. The van der Waals surface area contributed by atoms with E-state index in [4.69, 9.17) is 9.73 Å². The fourth-order valence-electron chi connectivity index (χ4n) is 3.17.